The van der Waals surface area contributed by atoms with Crippen LogP contribution in [0, 0.1) is 0 Å². The van der Waals surface area contributed by atoms with Crippen molar-refractivity contribution in [2.45, 2.75) is 39.2 Å². The largest absolute Gasteiger partial charge is 0.491 e. The predicted molar refractivity (Wildman–Crippen MR) is 69.0 cm³/mol. The first-order chi connectivity index (χ1) is 8.20. The topological polar surface area (TPSA) is 26.3 Å². The average Bonchev–Trinajstić information content (AvgIpc) is 2.77. The van der Waals surface area contributed by atoms with E-state index in [4.69, 9.17) is 4.74 Å². The lowest BCUT2D eigenvalue weighted by molar-refractivity contribution is -0.104. The van der Waals surface area contributed by atoms with E-state index in [1.807, 2.05) is 38.1 Å². The summed E-state index contributed by atoms with van der Waals surface area (Å²) in [7, 11) is 0. The molecule has 90 valence electrons. The Labute approximate surface area is 102 Å². The predicted octanol–water partition coefficient (Wildman–Crippen LogP) is 3.61. The van der Waals surface area contributed by atoms with Crippen molar-refractivity contribution in [3.63, 3.8) is 0 Å². The van der Waals surface area contributed by atoms with E-state index in [-0.39, 0.29) is 6.10 Å². The van der Waals surface area contributed by atoms with E-state index in [1.165, 1.54) is 5.57 Å². The maximum atomic E-state index is 10.9. The minimum Gasteiger partial charge on any atom is -0.491 e. The van der Waals surface area contributed by atoms with Gasteiger partial charge in [-0.2, -0.15) is 0 Å². The van der Waals surface area contributed by atoms with Gasteiger partial charge in [0.05, 0.1) is 6.10 Å². The van der Waals surface area contributed by atoms with Gasteiger partial charge in [0.15, 0.2) is 0 Å². The number of aldehydes is 1. The Bertz CT molecular complexity index is 427. The van der Waals surface area contributed by atoms with Gasteiger partial charge in [0.25, 0.3) is 0 Å². The van der Waals surface area contributed by atoms with Gasteiger partial charge in [0.1, 0.15) is 12.0 Å². The molecule has 2 nitrogen and oxygen atoms in total. The zero-order chi connectivity index (χ0) is 12.3. The van der Waals surface area contributed by atoms with Crippen molar-refractivity contribution in [2.75, 3.05) is 0 Å². The highest BCUT2D eigenvalue weighted by Gasteiger charge is 2.15. The molecule has 1 aliphatic rings. The molecule has 2 rings (SSSR count). The van der Waals surface area contributed by atoms with E-state index in [0.29, 0.717) is 0 Å². The monoisotopic (exact) mass is 230 g/mol. The first kappa shape index (κ1) is 11.9. The van der Waals surface area contributed by atoms with Crippen LogP contribution in [0.2, 0.25) is 0 Å². The Morgan fingerprint density at radius 1 is 1.18 bits per heavy atom. The Balaban J connectivity index is 2.20. The fourth-order valence-corrected chi connectivity index (χ4v) is 2.23. The Morgan fingerprint density at radius 3 is 2.47 bits per heavy atom. The summed E-state index contributed by atoms with van der Waals surface area (Å²) in [5, 5.41) is 0. The van der Waals surface area contributed by atoms with Gasteiger partial charge >= 0.3 is 0 Å². The van der Waals surface area contributed by atoms with E-state index in [0.717, 1.165) is 42.4 Å². The molecule has 2 heteroatoms. The first-order valence-electron chi connectivity index (χ1n) is 6.15. The highest BCUT2D eigenvalue weighted by Crippen LogP contribution is 2.33. The van der Waals surface area contributed by atoms with Gasteiger partial charge in [0, 0.05) is 0 Å². The maximum absolute atomic E-state index is 10.9. The molecular formula is C15H18O2. The number of allylic oxidation sites excluding steroid dienone is 2. The van der Waals surface area contributed by atoms with Crippen LogP contribution in [0.5, 0.6) is 5.75 Å². The number of carbonyl (C=O) groups excluding carboxylic acids is 1. The molecule has 0 aromatic heterocycles. The molecule has 0 aliphatic heterocycles. The molecule has 0 atom stereocenters. The minimum absolute atomic E-state index is 0.192. The van der Waals surface area contributed by atoms with E-state index >= 15 is 0 Å². The number of ether oxygens (including phenoxy) is 1. The van der Waals surface area contributed by atoms with Gasteiger partial charge in [-0.25, -0.2) is 0 Å². The van der Waals surface area contributed by atoms with E-state index in [2.05, 4.69) is 0 Å². The molecule has 0 amide bonds. The Hall–Kier alpha value is -1.57. The molecule has 17 heavy (non-hydrogen) atoms. The van der Waals surface area contributed by atoms with Crippen molar-refractivity contribution < 1.29 is 9.53 Å². The molecule has 0 saturated heterocycles. The second-order valence-corrected chi connectivity index (χ2v) is 4.67. The summed E-state index contributed by atoms with van der Waals surface area (Å²) in [5.41, 5.74) is 3.32. The second-order valence-electron chi connectivity index (χ2n) is 4.67. The van der Waals surface area contributed by atoms with Gasteiger partial charge < -0.3 is 4.74 Å². The first-order valence-corrected chi connectivity index (χ1v) is 6.15. The summed E-state index contributed by atoms with van der Waals surface area (Å²) in [6.07, 6.45) is 4.22. The van der Waals surface area contributed by atoms with Crippen molar-refractivity contribution in [3.8, 4) is 5.75 Å². The summed E-state index contributed by atoms with van der Waals surface area (Å²) >= 11 is 0. The van der Waals surface area contributed by atoms with Crippen molar-refractivity contribution in [1.29, 1.82) is 0 Å². The zero-order valence-electron chi connectivity index (χ0n) is 10.4. The van der Waals surface area contributed by atoms with Crippen molar-refractivity contribution in [1.82, 2.24) is 0 Å². The average molecular weight is 230 g/mol. The SMILES string of the molecule is CC(C)Oc1ccc(C2=C(C=O)CCC2)cc1. The van der Waals surface area contributed by atoms with Gasteiger partial charge in [-0.3, -0.25) is 4.79 Å². The maximum Gasteiger partial charge on any atom is 0.146 e. The van der Waals surface area contributed by atoms with E-state index in [1.54, 1.807) is 0 Å². The molecule has 1 aromatic carbocycles. The molecule has 0 fully saturated rings. The number of benzene rings is 1. The fraction of sp³-hybridized carbons (Fsp3) is 0.400. The zero-order valence-corrected chi connectivity index (χ0v) is 10.4. The van der Waals surface area contributed by atoms with Crippen LogP contribution in [0.15, 0.2) is 29.8 Å². The third kappa shape index (κ3) is 2.76. The lowest BCUT2D eigenvalue weighted by atomic mass is 10.0. The summed E-state index contributed by atoms with van der Waals surface area (Å²) in [6.45, 7) is 4.02. The number of hydrogen-bond donors (Lipinski definition) is 0. The molecular weight excluding hydrogens is 212 g/mol. The number of carbonyl (C=O) groups is 1. The lowest BCUT2D eigenvalue weighted by Gasteiger charge is -2.10. The molecule has 0 unspecified atom stereocenters. The summed E-state index contributed by atoms with van der Waals surface area (Å²) in [5.74, 6) is 0.884. The highest BCUT2D eigenvalue weighted by atomic mass is 16.5. The van der Waals surface area contributed by atoms with Crippen LogP contribution < -0.4 is 4.74 Å². The Morgan fingerprint density at radius 2 is 1.88 bits per heavy atom. The van der Waals surface area contributed by atoms with Gasteiger partial charge in [-0.05, 0) is 62.0 Å². The van der Waals surface area contributed by atoms with Gasteiger partial charge in [-0.1, -0.05) is 12.1 Å². The third-order valence-corrected chi connectivity index (χ3v) is 2.98. The van der Waals surface area contributed by atoms with Crippen LogP contribution in [-0.2, 0) is 4.79 Å². The van der Waals surface area contributed by atoms with Crippen LogP contribution in [0.4, 0.5) is 0 Å². The number of hydrogen-bond acceptors (Lipinski definition) is 2. The molecule has 0 N–H and O–H groups in total. The Kier molecular flexibility index (Phi) is 3.62. The van der Waals surface area contributed by atoms with Crippen LogP contribution in [-0.4, -0.2) is 12.4 Å². The molecule has 0 saturated carbocycles. The molecule has 0 radical (unpaired) electrons. The van der Waals surface area contributed by atoms with Crippen LogP contribution in [0.3, 0.4) is 0 Å². The van der Waals surface area contributed by atoms with Crippen molar-refractivity contribution >= 4 is 11.9 Å². The van der Waals surface area contributed by atoms with Crippen molar-refractivity contribution in [3.05, 3.63) is 35.4 Å². The molecule has 1 aliphatic carbocycles. The standard InChI is InChI=1S/C15H18O2/c1-11(2)17-14-8-6-12(7-9-14)15-5-3-4-13(15)10-16/h6-11H,3-5H2,1-2H3. The van der Waals surface area contributed by atoms with Gasteiger partial charge in [-0.15, -0.1) is 0 Å². The van der Waals surface area contributed by atoms with Crippen LogP contribution in [0.25, 0.3) is 5.57 Å². The molecule has 1 aromatic rings. The number of rotatable bonds is 4. The van der Waals surface area contributed by atoms with E-state index in [9.17, 15) is 4.79 Å². The molecule has 0 spiro atoms. The molecule has 0 bridgehead atoms. The highest BCUT2D eigenvalue weighted by molar-refractivity contribution is 5.89. The second kappa shape index (κ2) is 5.17. The third-order valence-electron chi connectivity index (χ3n) is 2.98. The smallest absolute Gasteiger partial charge is 0.146 e. The molecule has 0 heterocycles. The summed E-state index contributed by atoms with van der Waals surface area (Å²) in [4.78, 5) is 10.9. The van der Waals surface area contributed by atoms with E-state index < -0.39 is 0 Å². The minimum atomic E-state index is 0.192. The van der Waals surface area contributed by atoms with Crippen LogP contribution >= 0.6 is 0 Å². The van der Waals surface area contributed by atoms with Crippen LogP contribution in [0.1, 0.15) is 38.7 Å². The lowest BCUT2D eigenvalue weighted by Crippen LogP contribution is -2.05. The summed E-state index contributed by atoms with van der Waals surface area (Å²) in [6, 6.07) is 8.04. The quantitative estimate of drug-likeness (QED) is 0.738. The van der Waals surface area contributed by atoms with Crippen molar-refractivity contribution in [2.24, 2.45) is 0 Å². The summed E-state index contributed by atoms with van der Waals surface area (Å²) < 4.78 is 5.60. The fourth-order valence-electron chi connectivity index (χ4n) is 2.23. The normalized spacial score (nSPS) is 15.5. The van der Waals surface area contributed by atoms with Gasteiger partial charge in [0.2, 0.25) is 0 Å².